The van der Waals surface area contributed by atoms with E-state index in [1.807, 2.05) is 60.7 Å². The van der Waals surface area contributed by atoms with Crippen LogP contribution in [0.1, 0.15) is 33.5 Å². The summed E-state index contributed by atoms with van der Waals surface area (Å²) >= 11 is 4.53. The quantitative estimate of drug-likeness (QED) is 0.0744. The van der Waals surface area contributed by atoms with Crippen molar-refractivity contribution in [1.29, 1.82) is 0 Å². The Morgan fingerprint density at radius 3 is 1.84 bits per heavy atom. The first-order valence-corrected chi connectivity index (χ1v) is 17.3. The first kappa shape index (κ1) is 46.6. The summed E-state index contributed by atoms with van der Waals surface area (Å²) in [5, 5.41) is -0.0578. The monoisotopic (exact) mass is 776 g/mol. The summed E-state index contributed by atoms with van der Waals surface area (Å²) in [5.41, 5.74) is -0.566. The van der Waals surface area contributed by atoms with Gasteiger partial charge in [0.05, 0.1) is 5.30 Å². The molecule has 0 saturated carbocycles. The van der Waals surface area contributed by atoms with Gasteiger partial charge >= 0.3 is 139 Å². The van der Waals surface area contributed by atoms with Crippen molar-refractivity contribution in [2.24, 2.45) is 0 Å². The van der Waals surface area contributed by atoms with Gasteiger partial charge in [0, 0.05) is 21.5 Å². The van der Waals surface area contributed by atoms with Gasteiger partial charge in [0.2, 0.25) is 0 Å². The maximum Gasteiger partial charge on any atom is 1.00 e. The van der Waals surface area contributed by atoms with Crippen LogP contribution in [0.25, 0.3) is 23.3 Å². The fraction of sp³-hybridized carbons (Fsp3) is 0.103. The van der Waals surface area contributed by atoms with Gasteiger partial charge in [-0.25, -0.2) is 0 Å². The Morgan fingerprint density at radius 1 is 0.733 bits per heavy atom. The van der Waals surface area contributed by atoms with Crippen LogP contribution < -0.4 is 124 Å². The van der Waals surface area contributed by atoms with E-state index in [2.05, 4.69) is 15.9 Å². The van der Waals surface area contributed by atoms with Gasteiger partial charge in [0.15, 0.2) is 0 Å². The van der Waals surface area contributed by atoms with Gasteiger partial charge < -0.3 is 25.3 Å². The van der Waals surface area contributed by atoms with E-state index in [4.69, 9.17) is 9.79 Å². The molecule has 4 N–H and O–H groups in total. The van der Waals surface area contributed by atoms with E-state index < -0.39 is 26.4 Å². The molecule has 222 valence electrons. The zero-order valence-electron chi connectivity index (χ0n) is 29.3. The van der Waals surface area contributed by atoms with Gasteiger partial charge in [-0.3, -0.25) is 9.13 Å². The molecule has 0 aliphatic rings. The Morgan fingerprint density at radius 2 is 1.29 bits per heavy atom. The van der Waals surface area contributed by atoms with Crippen molar-refractivity contribution in [3.05, 3.63) is 123 Å². The molecule has 0 heterocycles. The minimum absolute atomic E-state index is 0. The second-order valence-corrected chi connectivity index (χ2v) is 14.2. The fourth-order valence-corrected chi connectivity index (χ4v) is 7.07. The molecule has 0 saturated heterocycles. The van der Waals surface area contributed by atoms with Gasteiger partial charge in [0.25, 0.3) is 0 Å². The number of hydrogen-bond donors (Lipinski definition) is 4. The smallest absolute Gasteiger partial charge is 1.00 e. The third-order valence-electron chi connectivity index (χ3n) is 6.15. The van der Waals surface area contributed by atoms with E-state index in [9.17, 15) is 27.7 Å². The molecule has 16 heteroatoms. The van der Waals surface area contributed by atoms with Crippen molar-refractivity contribution < 1.29 is 161 Å². The van der Waals surface area contributed by atoms with E-state index >= 15 is 0 Å². The molecule has 0 aliphatic carbocycles. The van der Waals surface area contributed by atoms with Crippen molar-refractivity contribution in [2.45, 2.75) is 17.2 Å². The average Bonchev–Trinajstić information content (AvgIpc) is 2.91. The van der Waals surface area contributed by atoms with E-state index in [1.54, 1.807) is 18.2 Å². The average molecular weight is 777 g/mol. The zero-order chi connectivity index (χ0) is 29.8. The minimum atomic E-state index is -5.66. The first-order chi connectivity index (χ1) is 19.3. The van der Waals surface area contributed by atoms with Crippen LogP contribution in [-0.2, 0) is 26.3 Å². The van der Waals surface area contributed by atoms with Gasteiger partial charge in [-0.2, -0.15) is 20.5 Å². The largest absolute Gasteiger partial charge is 1.00 e. The van der Waals surface area contributed by atoms with Crippen LogP contribution >= 0.6 is 42.9 Å². The van der Waals surface area contributed by atoms with Crippen LogP contribution in [-0.4, -0.2) is 19.6 Å². The predicted octanol–water partition coefficient (Wildman–Crippen LogP) is -3.78. The Hall–Kier alpha value is 1.61. The summed E-state index contributed by atoms with van der Waals surface area (Å²) in [5.74, 6) is 1.08. The van der Waals surface area contributed by atoms with Crippen LogP contribution in [0.3, 0.4) is 0 Å². The minimum Gasteiger partial charge on any atom is -1.00 e. The second kappa shape index (κ2) is 20.5. The second-order valence-electron chi connectivity index (χ2n) is 9.15. The van der Waals surface area contributed by atoms with E-state index in [0.717, 1.165) is 22.8 Å². The Balaban J connectivity index is -0.000000807. The number of hydrogen-bond acceptors (Lipinski definition) is 3. The van der Waals surface area contributed by atoms with Crippen molar-refractivity contribution in [3.63, 3.8) is 0 Å². The van der Waals surface area contributed by atoms with E-state index in [1.165, 1.54) is 30.0 Å². The number of halogens is 3. The first-order valence-electron chi connectivity index (χ1n) is 12.1. The molecule has 6 nitrogen and oxygen atoms in total. The van der Waals surface area contributed by atoms with Crippen LogP contribution in [0.2, 0.25) is 0 Å². The topological polar surface area (TPSA) is 115 Å². The summed E-state index contributed by atoms with van der Waals surface area (Å²) in [7, 11) is -10.2. The van der Waals surface area contributed by atoms with Gasteiger partial charge in [-0.05, 0) is 45.5 Å². The standard InChI is InChI=1S/C29H25BrF2O6P2S.4Na.4H/c30-27-16-22(9-15-26(27)29(31,32)40(36,37)38)19-41-18-21-7-10-23(11-8-21)25-14-13-24(28(17-25)39(33,34)35)12-6-20-4-2-1-3-5-20;;;;;;;;/h1-17H,18-19H2,(H2,33,34,35)(H2,36,37,38);;;;;;;;/q;4*+1;4*-1/b12-6+;;;;;;;;. The van der Waals surface area contributed by atoms with Crippen LogP contribution in [0.15, 0.2) is 95.5 Å². The van der Waals surface area contributed by atoms with E-state index in [-0.39, 0.29) is 134 Å². The maximum absolute atomic E-state index is 14.0. The number of benzene rings is 4. The third-order valence-corrected chi connectivity index (χ3v) is 9.87. The molecule has 0 aliphatic heterocycles. The molecule has 0 amide bonds. The van der Waals surface area contributed by atoms with Gasteiger partial charge in [-0.1, -0.05) is 107 Å². The maximum atomic E-state index is 14.0. The Bertz CT molecular complexity index is 1690. The Labute approximate surface area is 368 Å². The summed E-state index contributed by atoms with van der Waals surface area (Å²) < 4.78 is 51.4. The van der Waals surface area contributed by atoms with Crippen LogP contribution in [0.4, 0.5) is 8.78 Å². The molecular formula is C29H29BrF2Na4O6P2S. The molecule has 4 aromatic rings. The molecule has 45 heavy (non-hydrogen) atoms. The molecule has 4 aromatic carbocycles. The fourth-order valence-electron chi connectivity index (χ4n) is 4.00. The zero-order valence-corrected chi connectivity index (χ0v) is 37.5. The van der Waals surface area contributed by atoms with Crippen LogP contribution in [0.5, 0.6) is 0 Å². The molecule has 0 fully saturated rings. The molecule has 0 radical (unpaired) electrons. The normalized spacial score (nSPS) is 11.5. The number of alkyl halides is 2. The van der Waals surface area contributed by atoms with Gasteiger partial charge in [-0.15, -0.1) is 0 Å². The van der Waals surface area contributed by atoms with Crippen molar-refractivity contribution in [1.82, 2.24) is 0 Å². The summed E-state index contributed by atoms with van der Waals surface area (Å²) in [6.45, 7) is 0. The molecule has 0 unspecified atom stereocenters. The number of rotatable bonds is 10. The summed E-state index contributed by atoms with van der Waals surface area (Å²) in [4.78, 5) is 37.9. The number of thioether (sulfide) groups is 1. The van der Waals surface area contributed by atoms with Crippen molar-refractivity contribution in [3.8, 4) is 11.1 Å². The molecule has 0 atom stereocenters. The van der Waals surface area contributed by atoms with E-state index in [0.29, 0.717) is 28.2 Å². The van der Waals surface area contributed by atoms with Gasteiger partial charge in [0.1, 0.15) is 0 Å². The molecule has 0 bridgehead atoms. The van der Waals surface area contributed by atoms with Crippen LogP contribution in [0, 0.1) is 0 Å². The molecule has 0 aromatic heterocycles. The van der Waals surface area contributed by atoms with Crippen molar-refractivity contribution in [2.75, 3.05) is 0 Å². The predicted molar refractivity (Wildman–Crippen MR) is 168 cm³/mol. The summed E-state index contributed by atoms with van der Waals surface area (Å²) in [6.07, 6.45) is 3.48. The Kier molecular flexibility index (Phi) is 21.2. The molecule has 0 spiro atoms. The van der Waals surface area contributed by atoms with Crippen molar-refractivity contribution >= 4 is 60.3 Å². The molecular weight excluding hydrogens is 748 g/mol. The third kappa shape index (κ3) is 13.0. The summed E-state index contributed by atoms with van der Waals surface area (Å²) in [6, 6.07) is 25.8. The SMILES string of the molecule is O=P(O)(O)c1cc(-c2ccc(CSCc3ccc(C(F)(F)P(=O)(O)O)c(Br)c3)cc2)ccc1/C=C/c1ccccc1.[H-].[H-].[H-].[H-].[Na+].[Na+].[Na+].[Na+]. The molecule has 4 rings (SSSR count).